The van der Waals surface area contributed by atoms with Gasteiger partial charge in [-0.15, -0.1) is 24.0 Å². The maximum absolute atomic E-state index is 12.4. The van der Waals surface area contributed by atoms with Crippen LogP contribution in [0.2, 0.25) is 0 Å². The van der Waals surface area contributed by atoms with Crippen LogP contribution >= 0.6 is 24.0 Å². The molecule has 172 valence electrons. The summed E-state index contributed by atoms with van der Waals surface area (Å²) < 4.78 is 1.86. The van der Waals surface area contributed by atoms with Crippen molar-refractivity contribution in [3.8, 4) is 0 Å². The topological polar surface area (TPSA) is 74.6 Å². The number of carbonyl (C=O) groups is 1. The van der Waals surface area contributed by atoms with Gasteiger partial charge in [-0.2, -0.15) is 5.10 Å². The molecule has 31 heavy (non-hydrogen) atoms. The number of nitrogens with zero attached hydrogens (tertiary/aromatic N) is 4. The Labute approximate surface area is 203 Å². The Morgan fingerprint density at radius 1 is 1.29 bits per heavy atom. The number of hydrogen-bond acceptors (Lipinski definition) is 3. The molecule has 0 bridgehead atoms. The van der Waals surface area contributed by atoms with E-state index in [0.717, 1.165) is 23.8 Å². The first-order valence-corrected chi connectivity index (χ1v) is 10.4. The van der Waals surface area contributed by atoms with Crippen molar-refractivity contribution in [1.82, 2.24) is 25.3 Å². The molecule has 7 nitrogen and oxygen atoms in total. The van der Waals surface area contributed by atoms with Crippen LogP contribution in [-0.4, -0.2) is 46.2 Å². The zero-order chi connectivity index (χ0) is 22.5. The summed E-state index contributed by atoms with van der Waals surface area (Å²) in [4.78, 5) is 18.9. The highest BCUT2D eigenvalue weighted by atomic mass is 127. The number of benzene rings is 1. The van der Waals surface area contributed by atoms with Crippen LogP contribution in [0.4, 0.5) is 0 Å². The molecular formula is C23H37IN6O. The summed E-state index contributed by atoms with van der Waals surface area (Å²) in [7, 11) is 5.74. The Morgan fingerprint density at radius 3 is 2.55 bits per heavy atom. The van der Waals surface area contributed by atoms with Crippen LogP contribution in [-0.2, 0) is 20.1 Å². The van der Waals surface area contributed by atoms with Gasteiger partial charge in [0, 0.05) is 57.1 Å². The number of aromatic nitrogens is 2. The second-order valence-corrected chi connectivity index (χ2v) is 9.03. The van der Waals surface area contributed by atoms with Crippen LogP contribution < -0.4 is 10.6 Å². The third kappa shape index (κ3) is 8.16. The number of carbonyl (C=O) groups excluding carboxylic acids is 1. The lowest BCUT2D eigenvalue weighted by molar-refractivity contribution is 0.0919. The van der Waals surface area contributed by atoms with Gasteiger partial charge < -0.3 is 15.5 Å². The van der Waals surface area contributed by atoms with E-state index >= 15 is 0 Å². The lowest BCUT2D eigenvalue weighted by atomic mass is 10.1. The van der Waals surface area contributed by atoms with E-state index in [4.69, 9.17) is 0 Å². The quantitative estimate of drug-likeness (QED) is 0.331. The SMILES string of the molecule is CN=C(NCc1cccc(C(=O)NC(C)(C)C)c1)N(C)Cc1cn(C)nc1C(C)C.I. The molecule has 0 spiro atoms. The molecule has 1 amide bonds. The lowest BCUT2D eigenvalue weighted by Crippen LogP contribution is -2.40. The normalized spacial score (nSPS) is 11.8. The van der Waals surface area contributed by atoms with Crippen molar-refractivity contribution in [1.29, 1.82) is 0 Å². The van der Waals surface area contributed by atoms with Gasteiger partial charge in [0.25, 0.3) is 5.91 Å². The van der Waals surface area contributed by atoms with E-state index < -0.39 is 0 Å². The summed E-state index contributed by atoms with van der Waals surface area (Å²) in [5.74, 6) is 1.09. The molecule has 8 heteroatoms. The maximum atomic E-state index is 12.4. The average Bonchev–Trinajstić information content (AvgIpc) is 3.01. The number of aryl methyl sites for hydroxylation is 1. The van der Waals surface area contributed by atoms with Gasteiger partial charge in [-0.1, -0.05) is 26.0 Å². The second-order valence-electron chi connectivity index (χ2n) is 9.03. The van der Waals surface area contributed by atoms with Crippen LogP contribution in [0.1, 0.15) is 67.7 Å². The van der Waals surface area contributed by atoms with Gasteiger partial charge in [-0.05, 0) is 44.4 Å². The minimum Gasteiger partial charge on any atom is -0.352 e. The van der Waals surface area contributed by atoms with E-state index in [0.29, 0.717) is 18.0 Å². The molecule has 0 fully saturated rings. The average molecular weight is 540 g/mol. The zero-order valence-corrected chi connectivity index (χ0v) is 22.3. The Balaban J connectivity index is 0.00000480. The predicted molar refractivity (Wildman–Crippen MR) is 138 cm³/mol. The summed E-state index contributed by atoms with van der Waals surface area (Å²) in [5.41, 5.74) is 3.72. The van der Waals surface area contributed by atoms with Crippen molar-refractivity contribution in [3.05, 3.63) is 52.8 Å². The van der Waals surface area contributed by atoms with E-state index in [1.807, 2.05) is 63.8 Å². The van der Waals surface area contributed by atoms with Crippen LogP contribution in [0.5, 0.6) is 0 Å². The first kappa shape index (κ1) is 26.9. The third-order valence-electron chi connectivity index (χ3n) is 4.59. The number of aliphatic imine (C=N–C) groups is 1. The van der Waals surface area contributed by atoms with E-state index in [1.165, 1.54) is 5.56 Å². The zero-order valence-electron chi connectivity index (χ0n) is 20.0. The Hall–Kier alpha value is -2.10. The Kier molecular flexibility index (Phi) is 9.99. The van der Waals surface area contributed by atoms with Crippen LogP contribution in [0.15, 0.2) is 35.5 Å². The molecule has 0 saturated heterocycles. The van der Waals surface area contributed by atoms with Gasteiger partial charge in [0.05, 0.1) is 5.69 Å². The predicted octanol–water partition coefficient (Wildman–Crippen LogP) is 3.90. The third-order valence-corrected chi connectivity index (χ3v) is 4.59. The lowest BCUT2D eigenvalue weighted by Gasteiger charge is -2.23. The second kappa shape index (κ2) is 11.5. The highest BCUT2D eigenvalue weighted by Crippen LogP contribution is 2.18. The fourth-order valence-corrected chi connectivity index (χ4v) is 3.29. The molecule has 2 aromatic rings. The molecule has 0 aliphatic heterocycles. The molecule has 0 atom stereocenters. The van der Waals surface area contributed by atoms with Crippen LogP contribution in [0.3, 0.4) is 0 Å². The number of rotatable bonds is 6. The van der Waals surface area contributed by atoms with E-state index in [-0.39, 0.29) is 35.4 Å². The highest BCUT2D eigenvalue weighted by molar-refractivity contribution is 14.0. The fourth-order valence-electron chi connectivity index (χ4n) is 3.29. The standard InChI is InChI=1S/C23H36N6O.HI/c1-16(2)20-19(15-29(8)27-20)14-28(7)22(24-6)25-13-17-10-9-11-18(12-17)21(30)26-23(3,4)5;/h9-12,15-16H,13-14H2,1-8H3,(H,24,25)(H,26,30);1H. The molecule has 0 saturated carbocycles. The van der Waals surface area contributed by atoms with Crippen molar-refractivity contribution in [2.45, 2.75) is 59.2 Å². The summed E-state index contributed by atoms with van der Waals surface area (Å²) in [6.45, 7) is 11.5. The Morgan fingerprint density at radius 2 is 1.97 bits per heavy atom. The van der Waals surface area contributed by atoms with Crippen molar-refractivity contribution in [3.63, 3.8) is 0 Å². The van der Waals surface area contributed by atoms with Gasteiger partial charge in [0.1, 0.15) is 0 Å². The van der Waals surface area contributed by atoms with E-state index in [2.05, 4.69) is 45.7 Å². The number of hydrogen-bond donors (Lipinski definition) is 2. The molecule has 1 aromatic heterocycles. The summed E-state index contributed by atoms with van der Waals surface area (Å²) in [6, 6.07) is 7.67. The minimum absolute atomic E-state index is 0. The molecule has 2 N–H and O–H groups in total. The number of amides is 1. The number of halogens is 1. The van der Waals surface area contributed by atoms with Crippen molar-refractivity contribution in [2.75, 3.05) is 14.1 Å². The van der Waals surface area contributed by atoms with Gasteiger partial charge in [0.15, 0.2) is 5.96 Å². The van der Waals surface area contributed by atoms with E-state index in [9.17, 15) is 4.79 Å². The number of nitrogens with one attached hydrogen (secondary N) is 2. The van der Waals surface area contributed by atoms with Crippen LogP contribution in [0, 0.1) is 0 Å². The van der Waals surface area contributed by atoms with Crippen molar-refractivity contribution < 1.29 is 4.79 Å². The highest BCUT2D eigenvalue weighted by Gasteiger charge is 2.17. The van der Waals surface area contributed by atoms with Crippen molar-refractivity contribution in [2.24, 2.45) is 12.0 Å². The first-order valence-electron chi connectivity index (χ1n) is 10.4. The molecule has 0 aliphatic carbocycles. The molecule has 0 unspecified atom stereocenters. The fraction of sp³-hybridized carbons (Fsp3) is 0.522. The molecule has 1 aromatic carbocycles. The summed E-state index contributed by atoms with van der Waals surface area (Å²) >= 11 is 0. The summed E-state index contributed by atoms with van der Waals surface area (Å²) in [5, 5.41) is 11.0. The van der Waals surface area contributed by atoms with Crippen LogP contribution in [0.25, 0.3) is 0 Å². The molecule has 0 radical (unpaired) electrons. The van der Waals surface area contributed by atoms with Gasteiger partial charge >= 0.3 is 0 Å². The minimum atomic E-state index is -0.267. The van der Waals surface area contributed by atoms with Gasteiger partial charge in [-0.25, -0.2) is 0 Å². The molecular weight excluding hydrogens is 503 g/mol. The smallest absolute Gasteiger partial charge is 0.251 e. The number of guanidine groups is 1. The van der Waals surface area contributed by atoms with Crippen molar-refractivity contribution >= 4 is 35.8 Å². The van der Waals surface area contributed by atoms with Gasteiger partial charge in [0.2, 0.25) is 0 Å². The molecule has 2 rings (SSSR count). The molecule has 1 heterocycles. The summed E-state index contributed by atoms with van der Waals surface area (Å²) in [6.07, 6.45) is 2.07. The van der Waals surface area contributed by atoms with E-state index in [1.54, 1.807) is 7.05 Å². The molecule has 0 aliphatic rings. The first-order chi connectivity index (χ1) is 14.0. The largest absolute Gasteiger partial charge is 0.352 e. The van der Waals surface area contributed by atoms with Gasteiger partial charge in [-0.3, -0.25) is 14.5 Å². The monoisotopic (exact) mass is 540 g/mol. The Bertz CT molecular complexity index is 898. The maximum Gasteiger partial charge on any atom is 0.251 e.